The number of piperazine rings is 1. The van der Waals surface area contributed by atoms with E-state index in [1.165, 1.54) is 13.0 Å². The molecule has 0 radical (unpaired) electrons. The SMILES string of the molecule is CC(=O)Nc1ccc(C(=O)N2CCCC23CN(C(=O)C2(N4CCN(C)CC4)CC2)C3)cc1O. The molecule has 3 heterocycles. The summed E-state index contributed by atoms with van der Waals surface area (Å²) in [4.78, 5) is 46.5. The van der Waals surface area contributed by atoms with Crippen molar-refractivity contribution in [2.75, 3.05) is 58.2 Å². The molecule has 9 nitrogen and oxygen atoms in total. The summed E-state index contributed by atoms with van der Waals surface area (Å²) < 4.78 is 0. The molecule has 3 amide bonds. The van der Waals surface area contributed by atoms with Gasteiger partial charge in [0.15, 0.2) is 0 Å². The monoisotopic (exact) mass is 455 g/mol. The van der Waals surface area contributed by atoms with Crippen molar-refractivity contribution < 1.29 is 19.5 Å². The van der Waals surface area contributed by atoms with Crippen LogP contribution in [0.2, 0.25) is 0 Å². The molecule has 5 rings (SSSR count). The quantitative estimate of drug-likeness (QED) is 0.657. The van der Waals surface area contributed by atoms with Crippen LogP contribution in [0.1, 0.15) is 43.0 Å². The molecule has 0 unspecified atom stereocenters. The molecule has 0 atom stereocenters. The van der Waals surface area contributed by atoms with Gasteiger partial charge in [-0.1, -0.05) is 0 Å². The minimum absolute atomic E-state index is 0.127. The Bertz CT molecular complexity index is 977. The Balaban J connectivity index is 1.25. The number of phenolic OH excluding ortho intramolecular Hbond substituents is 1. The number of hydrogen-bond acceptors (Lipinski definition) is 6. The second kappa shape index (κ2) is 7.99. The van der Waals surface area contributed by atoms with E-state index in [2.05, 4.69) is 22.2 Å². The number of likely N-dealkylation sites (N-methyl/N-ethyl adjacent to an activating group) is 1. The molecule has 1 aromatic rings. The van der Waals surface area contributed by atoms with Gasteiger partial charge in [-0.05, 0) is 50.9 Å². The van der Waals surface area contributed by atoms with Crippen molar-refractivity contribution in [3.05, 3.63) is 23.8 Å². The third kappa shape index (κ3) is 3.77. The van der Waals surface area contributed by atoms with Gasteiger partial charge in [0, 0.05) is 58.3 Å². The van der Waals surface area contributed by atoms with Gasteiger partial charge in [0.05, 0.1) is 11.2 Å². The van der Waals surface area contributed by atoms with Gasteiger partial charge in [0.1, 0.15) is 11.3 Å². The van der Waals surface area contributed by atoms with Crippen LogP contribution in [0, 0.1) is 0 Å². The van der Waals surface area contributed by atoms with Gasteiger partial charge in [-0.3, -0.25) is 19.3 Å². The van der Waals surface area contributed by atoms with E-state index in [1.807, 2.05) is 9.80 Å². The van der Waals surface area contributed by atoms with Crippen LogP contribution in [0.3, 0.4) is 0 Å². The van der Waals surface area contributed by atoms with E-state index in [1.54, 1.807) is 12.1 Å². The molecule has 1 aliphatic carbocycles. The fourth-order valence-corrected chi connectivity index (χ4v) is 5.82. The molecule has 178 valence electrons. The van der Waals surface area contributed by atoms with E-state index in [-0.39, 0.29) is 40.2 Å². The van der Waals surface area contributed by atoms with Crippen LogP contribution >= 0.6 is 0 Å². The predicted octanol–water partition coefficient (Wildman–Crippen LogP) is 0.948. The van der Waals surface area contributed by atoms with E-state index in [9.17, 15) is 19.5 Å². The summed E-state index contributed by atoms with van der Waals surface area (Å²) in [6.45, 7) is 7.05. The van der Waals surface area contributed by atoms with Crippen LogP contribution in [0.15, 0.2) is 18.2 Å². The first-order valence-electron chi connectivity index (χ1n) is 11.9. The lowest BCUT2D eigenvalue weighted by molar-refractivity contribution is -0.151. The van der Waals surface area contributed by atoms with Crippen LogP contribution in [-0.4, -0.2) is 106 Å². The molecular weight excluding hydrogens is 422 g/mol. The number of amides is 3. The Labute approximate surface area is 194 Å². The van der Waals surface area contributed by atoms with E-state index in [0.29, 0.717) is 25.2 Å². The van der Waals surface area contributed by atoms with E-state index in [0.717, 1.165) is 51.9 Å². The number of likely N-dealkylation sites (tertiary alicyclic amines) is 2. The van der Waals surface area contributed by atoms with Crippen molar-refractivity contribution in [1.29, 1.82) is 0 Å². The average molecular weight is 456 g/mol. The first-order chi connectivity index (χ1) is 15.7. The van der Waals surface area contributed by atoms with E-state index < -0.39 is 0 Å². The number of carbonyl (C=O) groups excluding carboxylic acids is 3. The Morgan fingerprint density at radius 2 is 1.70 bits per heavy atom. The summed E-state index contributed by atoms with van der Waals surface area (Å²) in [5, 5.41) is 12.8. The van der Waals surface area contributed by atoms with Gasteiger partial charge in [-0.25, -0.2) is 0 Å². The maximum Gasteiger partial charge on any atom is 0.254 e. The summed E-state index contributed by atoms with van der Waals surface area (Å²) in [6.07, 6.45) is 3.66. The number of carbonyl (C=O) groups is 3. The largest absolute Gasteiger partial charge is 0.506 e. The highest BCUT2D eigenvalue weighted by Gasteiger charge is 2.61. The predicted molar refractivity (Wildman–Crippen MR) is 123 cm³/mol. The Kier molecular flexibility index (Phi) is 5.36. The molecule has 1 saturated carbocycles. The van der Waals surface area contributed by atoms with Crippen molar-refractivity contribution in [2.45, 2.75) is 43.7 Å². The third-order valence-corrected chi connectivity index (χ3v) is 7.88. The summed E-state index contributed by atoms with van der Waals surface area (Å²) in [7, 11) is 2.12. The van der Waals surface area contributed by atoms with Gasteiger partial charge >= 0.3 is 0 Å². The summed E-state index contributed by atoms with van der Waals surface area (Å²) >= 11 is 0. The van der Waals surface area contributed by atoms with Crippen LogP contribution in [0.25, 0.3) is 0 Å². The lowest BCUT2D eigenvalue weighted by Crippen LogP contribution is -2.72. The second-order valence-electron chi connectivity index (χ2n) is 10.2. The first-order valence-corrected chi connectivity index (χ1v) is 11.9. The lowest BCUT2D eigenvalue weighted by atomic mass is 9.85. The average Bonchev–Trinajstić information content (AvgIpc) is 3.44. The smallest absolute Gasteiger partial charge is 0.254 e. The van der Waals surface area contributed by atoms with Crippen molar-refractivity contribution in [3.8, 4) is 5.75 Å². The highest BCUT2D eigenvalue weighted by Crippen LogP contribution is 2.47. The Morgan fingerprint density at radius 1 is 1.00 bits per heavy atom. The molecule has 1 spiro atoms. The minimum atomic E-state index is -0.318. The highest BCUT2D eigenvalue weighted by molar-refractivity contribution is 5.98. The van der Waals surface area contributed by atoms with Crippen LogP contribution in [-0.2, 0) is 9.59 Å². The summed E-state index contributed by atoms with van der Waals surface area (Å²) in [5.74, 6) is -0.316. The van der Waals surface area contributed by atoms with Gasteiger partial charge < -0.3 is 25.1 Å². The molecular formula is C24H33N5O4. The minimum Gasteiger partial charge on any atom is -0.506 e. The molecule has 0 aromatic heterocycles. The van der Waals surface area contributed by atoms with Crippen LogP contribution in [0.4, 0.5) is 5.69 Å². The highest BCUT2D eigenvalue weighted by atomic mass is 16.3. The number of anilines is 1. The normalized spacial score (nSPS) is 23.9. The number of phenols is 1. The standard InChI is InChI=1S/C24H33N5O4/c1-17(30)25-19-5-4-18(14-20(19)31)21(32)29-9-3-6-23(29)15-27(16-23)22(33)24(7-8-24)28-12-10-26(2)11-13-28/h4-5,14,31H,3,6-13,15-16H2,1-2H3,(H,25,30). The van der Waals surface area contributed by atoms with Gasteiger partial charge in [-0.15, -0.1) is 0 Å². The number of nitrogens with zero attached hydrogens (tertiary/aromatic N) is 4. The Morgan fingerprint density at radius 3 is 2.30 bits per heavy atom. The van der Waals surface area contributed by atoms with Crippen LogP contribution in [0.5, 0.6) is 5.75 Å². The number of aromatic hydroxyl groups is 1. The molecule has 2 N–H and O–H groups in total. The molecule has 33 heavy (non-hydrogen) atoms. The van der Waals surface area contributed by atoms with Crippen molar-refractivity contribution in [3.63, 3.8) is 0 Å². The third-order valence-electron chi connectivity index (χ3n) is 7.88. The van der Waals surface area contributed by atoms with Crippen LogP contribution < -0.4 is 5.32 Å². The maximum absolute atomic E-state index is 13.4. The summed E-state index contributed by atoms with van der Waals surface area (Å²) in [5.41, 5.74) is 0.0522. The molecule has 0 bridgehead atoms. The molecule has 3 aliphatic heterocycles. The zero-order chi connectivity index (χ0) is 23.4. The summed E-state index contributed by atoms with van der Waals surface area (Å²) in [6, 6.07) is 4.59. The first kappa shape index (κ1) is 22.2. The lowest BCUT2D eigenvalue weighted by Gasteiger charge is -2.54. The zero-order valence-electron chi connectivity index (χ0n) is 19.5. The number of benzene rings is 1. The van der Waals surface area contributed by atoms with Gasteiger partial charge in [-0.2, -0.15) is 0 Å². The van der Waals surface area contributed by atoms with Crippen molar-refractivity contribution in [2.24, 2.45) is 0 Å². The van der Waals surface area contributed by atoms with Crippen molar-refractivity contribution >= 4 is 23.4 Å². The van der Waals surface area contributed by atoms with E-state index in [4.69, 9.17) is 0 Å². The van der Waals surface area contributed by atoms with Gasteiger partial charge in [0.2, 0.25) is 11.8 Å². The molecule has 4 fully saturated rings. The van der Waals surface area contributed by atoms with E-state index >= 15 is 0 Å². The zero-order valence-corrected chi connectivity index (χ0v) is 19.5. The fourth-order valence-electron chi connectivity index (χ4n) is 5.82. The number of rotatable bonds is 4. The molecule has 4 aliphatic rings. The molecule has 9 heteroatoms. The maximum atomic E-state index is 13.4. The number of hydrogen-bond donors (Lipinski definition) is 2. The molecule has 3 saturated heterocycles. The Hall–Kier alpha value is -2.65. The topological polar surface area (TPSA) is 96.4 Å². The number of nitrogens with one attached hydrogen (secondary N) is 1. The van der Waals surface area contributed by atoms with Gasteiger partial charge in [0.25, 0.3) is 5.91 Å². The van der Waals surface area contributed by atoms with Crippen molar-refractivity contribution in [1.82, 2.24) is 19.6 Å². The molecule has 1 aromatic carbocycles. The second-order valence-corrected chi connectivity index (χ2v) is 10.2. The fraction of sp³-hybridized carbons (Fsp3) is 0.625.